The normalized spacial score (nSPS) is 17.9. The summed E-state index contributed by atoms with van der Waals surface area (Å²) in [5, 5.41) is 0.0971. The van der Waals surface area contributed by atoms with E-state index < -0.39 is 18.2 Å². The van der Waals surface area contributed by atoms with E-state index in [2.05, 4.69) is 0 Å². The lowest BCUT2D eigenvalue weighted by atomic mass is 10.2. The molecule has 1 saturated carbocycles. The van der Waals surface area contributed by atoms with E-state index in [0.29, 0.717) is 18.5 Å². The number of nitrogen functional groups attached to an aromatic ring is 1. The van der Waals surface area contributed by atoms with Gasteiger partial charge in [0, 0.05) is 11.6 Å². The van der Waals surface area contributed by atoms with Crippen LogP contribution < -0.4 is 10.5 Å². The molecule has 17 heavy (non-hydrogen) atoms. The van der Waals surface area contributed by atoms with Crippen LogP contribution in [0.15, 0.2) is 18.2 Å². The lowest BCUT2D eigenvalue weighted by Gasteiger charge is -2.22. The predicted molar refractivity (Wildman–Crippen MR) is 59.1 cm³/mol. The Bertz CT molecular complexity index is 418. The van der Waals surface area contributed by atoms with Crippen molar-refractivity contribution in [1.29, 1.82) is 0 Å². The number of nitrogens with two attached hydrogens (primary N) is 1. The fraction of sp³-hybridized carbons (Fsp3) is 0.455. The van der Waals surface area contributed by atoms with Crippen LogP contribution in [0.5, 0.6) is 5.75 Å². The molecule has 1 aliphatic rings. The number of halogens is 4. The molecule has 1 fully saturated rings. The van der Waals surface area contributed by atoms with Gasteiger partial charge in [-0.25, -0.2) is 0 Å². The monoisotopic (exact) mass is 265 g/mol. The Hall–Kier alpha value is -1.10. The van der Waals surface area contributed by atoms with Crippen molar-refractivity contribution in [1.82, 2.24) is 0 Å². The minimum absolute atomic E-state index is 0.0232. The van der Waals surface area contributed by atoms with Gasteiger partial charge in [-0.2, -0.15) is 13.2 Å². The molecule has 2 rings (SSSR count). The molecule has 0 unspecified atom stereocenters. The zero-order valence-corrected chi connectivity index (χ0v) is 9.55. The van der Waals surface area contributed by atoms with Crippen LogP contribution in [-0.4, -0.2) is 12.3 Å². The minimum Gasteiger partial charge on any atom is -0.479 e. The molecular formula is C11H11ClF3NO. The first-order valence-electron chi connectivity index (χ1n) is 5.16. The highest BCUT2D eigenvalue weighted by atomic mass is 35.5. The number of ether oxygens (including phenoxy) is 1. The molecule has 0 amide bonds. The smallest absolute Gasteiger partial charge is 0.425 e. The summed E-state index contributed by atoms with van der Waals surface area (Å²) in [5.74, 6) is -0.432. The van der Waals surface area contributed by atoms with Gasteiger partial charge in [0.15, 0.2) is 6.10 Å². The molecule has 0 heterocycles. The summed E-state index contributed by atoms with van der Waals surface area (Å²) in [6, 6.07) is 4.19. The van der Waals surface area contributed by atoms with Gasteiger partial charge in [0.05, 0.1) is 5.02 Å². The first-order valence-corrected chi connectivity index (χ1v) is 5.54. The fourth-order valence-corrected chi connectivity index (χ4v) is 1.81. The fourth-order valence-electron chi connectivity index (χ4n) is 1.58. The summed E-state index contributed by atoms with van der Waals surface area (Å²) in [6.07, 6.45) is -5.07. The summed E-state index contributed by atoms with van der Waals surface area (Å²) in [6.45, 7) is 0. The Labute approximate surface area is 102 Å². The quantitative estimate of drug-likeness (QED) is 0.847. The van der Waals surface area contributed by atoms with Crippen molar-refractivity contribution in [2.45, 2.75) is 25.1 Å². The van der Waals surface area contributed by atoms with Crippen LogP contribution in [0.1, 0.15) is 12.8 Å². The van der Waals surface area contributed by atoms with Gasteiger partial charge in [-0.1, -0.05) is 11.6 Å². The summed E-state index contributed by atoms with van der Waals surface area (Å²) in [7, 11) is 0. The van der Waals surface area contributed by atoms with E-state index in [1.807, 2.05) is 0 Å². The standard InChI is InChI=1S/C11H11ClF3NO/c12-8-5-7(16)3-4-9(8)17-10(6-1-2-6)11(13,14)15/h3-6,10H,1-2,16H2/t10-/m1/s1. The summed E-state index contributed by atoms with van der Waals surface area (Å²) >= 11 is 5.78. The number of alkyl halides is 3. The van der Waals surface area contributed by atoms with Crippen LogP contribution >= 0.6 is 11.6 Å². The second-order valence-electron chi connectivity index (χ2n) is 4.11. The molecule has 0 bridgehead atoms. The van der Waals surface area contributed by atoms with Crippen LogP contribution in [0.3, 0.4) is 0 Å². The summed E-state index contributed by atoms with van der Waals surface area (Å²) in [5.41, 5.74) is 5.84. The second-order valence-corrected chi connectivity index (χ2v) is 4.51. The zero-order chi connectivity index (χ0) is 12.6. The van der Waals surface area contributed by atoms with Gasteiger partial charge in [-0.3, -0.25) is 0 Å². The van der Waals surface area contributed by atoms with Crippen molar-refractivity contribution in [3.63, 3.8) is 0 Å². The number of rotatable bonds is 3. The van der Waals surface area contributed by atoms with Gasteiger partial charge in [0.1, 0.15) is 5.75 Å². The maximum Gasteiger partial charge on any atom is 0.425 e. The highest BCUT2D eigenvalue weighted by molar-refractivity contribution is 6.32. The van der Waals surface area contributed by atoms with Crippen LogP contribution in [0.2, 0.25) is 5.02 Å². The predicted octanol–water partition coefficient (Wildman–Crippen LogP) is 3.64. The van der Waals surface area contributed by atoms with Gasteiger partial charge < -0.3 is 10.5 Å². The van der Waals surface area contributed by atoms with Gasteiger partial charge in [0.2, 0.25) is 0 Å². The third kappa shape index (κ3) is 2.97. The Morgan fingerprint density at radius 2 is 2.00 bits per heavy atom. The SMILES string of the molecule is Nc1ccc(O[C@H](C2CC2)C(F)(F)F)c(Cl)c1. The number of benzene rings is 1. The molecule has 94 valence electrons. The Balaban J connectivity index is 2.17. The lowest BCUT2D eigenvalue weighted by Crippen LogP contribution is -2.36. The third-order valence-electron chi connectivity index (χ3n) is 2.58. The van der Waals surface area contributed by atoms with E-state index in [1.165, 1.54) is 18.2 Å². The molecule has 0 saturated heterocycles. The van der Waals surface area contributed by atoms with E-state index in [4.69, 9.17) is 22.1 Å². The van der Waals surface area contributed by atoms with Crippen LogP contribution in [-0.2, 0) is 0 Å². The molecule has 0 radical (unpaired) electrons. The topological polar surface area (TPSA) is 35.2 Å². The van der Waals surface area contributed by atoms with Crippen LogP contribution in [0, 0.1) is 5.92 Å². The Kier molecular flexibility index (Phi) is 3.12. The van der Waals surface area contributed by atoms with Crippen molar-refractivity contribution in [3.05, 3.63) is 23.2 Å². The van der Waals surface area contributed by atoms with E-state index in [-0.39, 0.29) is 10.8 Å². The maximum absolute atomic E-state index is 12.7. The second kappa shape index (κ2) is 4.29. The number of hydrogen-bond acceptors (Lipinski definition) is 2. The molecule has 0 aliphatic heterocycles. The van der Waals surface area contributed by atoms with E-state index in [1.54, 1.807) is 0 Å². The Morgan fingerprint density at radius 1 is 1.35 bits per heavy atom. The molecule has 1 aromatic rings. The highest BCUT2D eigenvalue weighted by Crippen LogP contribution is 2.43. The van der Waals surface area contributed by atoms with E-state index in [0.717, 1.165) is 0 Å². The maximum atomic E-state index is 12.7. The van der Waals surface area contributed by atoms with Crippen molar-refractivity contribution in [2.24, 2.45) is 5.92 Å². The van der Waals surface area contributed by atoms with Gasteiger partial charge in [-0.05, 0) is 31.0 Å². The minimum atomic E-state index is -4.37. The molecule has 1 aliphatic carbocycles. The van der Waals surface area contributed by atoms with Gasteiger partial charge >= 0.3 is 6.18 Å². The van der Waals surface area contributed by atoms with Crippen molar-refractivity contribution in [2.75, 3.05) is 5.73 Å². The first-order chi connectivity index (χ1) is 7.88. The average molecular weight is 266 g/mol. The number of hydrogen-bond donors (Lipinski definition) is 1. The average Bonchev–Trinajstić information content (AvgIpc) is 2.98. The van der Waals surface area contributed by atoms with Crippen molar-refractivity contribution >= 4 is 17.3 Å². The van der Waals surface area contributed by atoms with E-state index >= 15 is 0 Å². The lowest BCUT2D eigenvalue weighted by molar-refractivity contribution is -0.201. The summed E-state index contributed by atoms with van der Waals surface area (Å²) in [4.78, 5) is 0. The van der Waals surface area contributed by atoms with Crippen molar-refractivity contribution < 1.29 is 17.9 Å². The molecule has 1 atom stereocenters. The molecule has 6 heteroatoms. The van der Waals surface area contributed by atoms with Gasteiger partial charge in [0.25, 0.3) is 0 Å². The Morgan fingerprint density at radius 3 is 2.47 bits per heavy atom. The highest BCUT2D eigenvalue weighted by Gasteiger charge is 2.51. The third-order valence-corrected chi connectivity index (χ3v) is 2.88. The van der Waals surface area contributed by atoms with Crippen LogP contribution in [0.4, 0.5) is 18.9 Å². The largest absolute Gasteiger partial charge is 0.479 e. The molecule has 2 N–H and O–H groups in total. The zero-order valence-electron chi connectivity index (χ0n) is 8.80. The summed E-state index contributed by atoms with van der Waals surface area (Å²) < 4.78 is 43.1. The number of anilines is 1. The molecule has 0 aromatic heterocycles. The van der Waals surface area contributed by atoms with Crippen LogP contribution in [0.25, 0.3) is 0 Å². The molecule has 2 nitrogen and oxygen atoms in total. The molecule has 1 aromatic carbocycles. The van der Waals surface area contributed by atoms with Gasteiger partial charge in [-0.15, -0.1) is 0 Å². The molecule has 0 spiro atoms. The van der Waals surface area contributed by atoms with Crippen molar-refractivity contribution in [3.8, 4) is 5.75 Å². The van der Waals surface area contributed by atoms with E-state index in [9.17, 15) is 13.2 Å². The first kappa shape index (κ1) is 12.4. The molecular weight excluding hydrogens is 255 g/mol.